The van der Waals surface area contributed by atoms with Gasteiger partial charge in [-0.25, -0.2) is 4.68 Å². The number of nitrogens with zero attached hydrogens (tertiary/aromatic N) is 2. The van der Waals surface area contributed by atoms with Gasteiger partial charge in [-0.3, -0.25) is 0 Å². The highest BCUT2D eigenvalue weighted by Crippen LogP contribution is 2.38. The van der Waals surface area contributed by atoms with Gasteiger partial charge < -0.3 is 4.43 Å². The Morgan fingerprint density at radius 3 is 2.24 bits per heavy atom. The van der Waals surface area contributed by atoms with Crippen LogP contribution in [0.5, 0.6) is 5.75 Å². The highest BCUT2D eigenvalue weighted by molar-refractivity contribution is 6.74. The molecular formula is C17H26N2OSi. The van der Waals surface area contributed by atoms with Gasteiger partial charge in [-0.1, -0.05) is 32.9 Å². The largest absolute Gasteiger partial charge is 0.542 e. The van der Waals surface area contributed by atoms with Crippen LogP contribution in [0.2, 0.25) is 18.1 Å². The van der Waals surface area contributed by atoms with Gasteiger partial charge in [0.05, 0.1) is 5.69 Å². The Kier molecular flexibility index (Phi) is 4.02. The molecule has 0 fully saturated rings. The molecule has 0 aliphatic carbocycles. The van der Waals surface area contributed by atoms with Crippen molar-refractivity contribution in [1.29, 1.82) is 0 Å². The molecule has 0 saturated heterocycles. The van der Waals surface area contributed by atoms with E-state index < -0.39 is 8.32 Å². The zero-order chi connectivity index (χ0) is 15.8. The van der Waals surface area contributed by atoms with E-state index in [1.54, 1.807) is 0 Å². The first-order chi connectivity index (χ1) is 9.62. The topological polar surface area (TPSA) is 27.1 Å². The fourth-order valence-electron chi connectivity index (χ4n) is 2.02. The number of hydrogen-bond donors (Lipinski definition) is 0. The van der Waals surface area contributed by atoms with E-state index in [0.717, 1.165) is 22.8 Å². The molecule has 0 N–H and O–H groups in total. The first kappa shape index (κ1) is 15.8. The lowest BCUT2D eigenvalue weighted by atomic mass is 10.2. The number of hydrogen-bond acceptors (Lipinski definition) is 2. The van der Waals surface area contributed by atoms with Crippen LogP contribution in [-0.2, 0) is 0 Å². The van der Waals surface area contributed by atoms with Crippen molar-refractivity contribution in [3.63, 3.8) is 0 Å². The standard InChI is InChI=1S/C17H26N2OSi/c1-13-12-14(2)19(18-13)15-10-8-9-11-16(15)20-21(6,7)17(3,4)5/h8-12H,1-7H3. The molecule has 0 saturated carbocycles. The summed E-state index contributed by atoms with van der Waals surface area (Å²) in [5.41, 5.74) is 3.17. The van der Waals surface area contributed by atoms with E-state index in [1.807, 2.05) is 29.8 Å². The lowest BCUT2D eigenvalue weighted by Crippen LogP contribution is -2.44. The van der Waals surface area contributed by atoms with E-state index in [1.165, 1.54) is 0 Å². The van der Waals surface area contributed by atoms with E-state index in [0.29, 0.717) is 0 Å². The average molecular weight is 302 g/mol. The predicted molar refractivity (Wildman–Crippen MR) is 90.9 cm³/mol. The zero-order valence-electron chi connectivity index (χ0n) is 14.2. The van der Waals surface area contributed by atoms with Crippen LogP contribution in [-0.4, -0.2) is 18.1 Å². The monoisotopic (exact) mass is 302 g/mol. The van der Waals surface area contributed by atoms with Gasteiger partial charge in [-0.05, 0) is 50.2 Å². The number of para-hydroxylation sites is 2. The molecule has 1 aromatic heterocycles. The molecule has 0 aliphatic rings. The van der Waals surface area contributed by atoms with E-state index in [4.69, 9.17) is 4.43 Å². The van der Waals surface area contributed by atoms with Gasteiger partial charge in [-0.2, -0.15) is 5.10 Å². The molecule has 1 aromatic carbocycles. The van der Waals surface area contributed by atoms with Crippen molar-refractivity contribution in [2.45, 2.75) is 52.8 Å². The summed E-state index contributed by atoms with van der Waals surface area (Å²) in [6, 6.07) is 10.3. The van der Waals surface area contributed by atoms with Gasteiger partial charge in [0.1, 0.15) is 11.4 Å². The van der Waals surface area contributed by atoms with E-state index in [-0.39, 0.29) is 5.04 Å². The van der Waals surface area contributed by atoms with Crippen molar-refractivity contribution in [3.8, 4) is 11.4 Å². The van der Waals surface area contributed by atoms with Crippen molar-refractivity contribution in [3.05, 3.63) is 41.7 Å². The fourth-order valence-corrected chi connectivity index (χ4v) is 3.05. The lowest BCUT2D eigenvalue weighted by Gasteiger charge is -2.37. The van der Waals surface area contributed by atoms with Gasteiger partial charge in [0.2, 0.25) is 0 Å². The van der Waals surface area contributed by atoms with E-state index >= 15 is 0 Å². The molecule has 0 amide bonds. The Labute approximate surface area is 129 Å². The van der Waals surface area contributed by atoms with Gasteiger partial charge >= 0.3 is 0 Å². The van der Waals surface area contributed by atoms with Crippen LogP contribution < -0.4 is 4.43 Å². The molecule has 114 valence electrons. The minimum atomic E-state index is -1.86. The summed E-state index contributed by atoms with van der Waals surface area (Å²) >= 11 is 0. The molecule has 2 rings (SSSR count). The Morgan fingerprint density at radius 2 is 1.71 bits per heavy atom. The summed E-state index contributed by atoms with van der Waals surface area (Å²) in [6.07, 6.45) is 0. The molecule has 1 heterocycles. The second-order valence-electron chi connectivity index (χ2n) is 7.17. The van der Waals surface area contributed by atoms with E-state index in [2.05, 4.69) is 58.0 Å². The molecule has 4 heteroatoms. The number of aromatic nitrogens is 2. The van der Waals surface area contributed by atoms with Gasteiger partial charge in [-0.15, -0.1) is 0 Å². The Bertz CT molecular complexity index is 638. The van der Waals surface area contributed by atoms with Gasteiger partial charge in [0.25, 0.3) is 8.32 Å². The second-order valence-corrected chi connectivity index (χ2v) is 11.9. The van der Waals surface area contributed by atoms with Crippen LogP contribution in [0.15, 0.2) is 30.3 Å². The van der Waals surface area contributed by atoms with Crippen LogP contribution in [0, 0.1) is 13.8 Å². The molecular weight excluding hydrogens is 276 g/mol. The fraction of sp³-hybridized carbons (Fsp3) is 0.471. The Balaban J connectivity index is 2.46. The summed E-state index contributed by atoms with van der Waals surface area (Å²) < 4.78 is 8.46. The number of aryl methyl sites for hydroxylation is 2. The third-order valence-corrected chi connectivity index (χ3v) is 8.62. The summed E-state index contributed by atoms with van der Waals surface area (Å²) in [5.74, 6) is 0.926. The highest BCUT2D eigenvalue weighted by Gasteiger charge is 2.39. The maximum absolute atomic E-state index is 6.49. The normalized spacial score (nSPS) is 12.5. The van der Waals surface area contributed by atoms with Crippen LogP contribution in [0.4, 0.5) is 0 Å². The van der Waals surface area contributed by atoms with Gasteiger partial charge in [0.15, 0.2) is 0 Å². The molecule has 0 spiro atoms. The third kappa shape index (κ3) is 3.21. The molecule has 0 atom stereocenters. The highest BCUT2D eigenvalue weighted by atomic mass is 28.4. The van der Waals surface area contributed by atoms with Crippen LogP contribution in [0.3, 0.4) is 0 Å². The zero-order valence-corrected chi connectivity index (χ0v) is 15.2. The first-order valence-corrected chi connectivity index (χ1v) is 10.3. The maximum Gasteiger partial charge on any atom is 0.250 e. The quantitative estimate of drug-likeness (QED) is 0.756. The average Bonchev–Trinajstić information content (AvgIpc) is 2.67. The summed E-state index contributed by atoms with van der Waals surface area (Å²) in [4.78, 5) is 0. The molecule has 2 aromatic rings. The first-order valence-electron chi connectivity index (χ1n) is 7.43. The summed E-state index contributed by atoms with van der Waals surface area (Å²) in [7, 11) is -1.86. The van der Waals surface area contributed by atoms with Crippen LogP contribution >= 0.6 is 0 Å². The maximum atomic E-state index is 6.49. The smallest absolute Gasteiger partial charge is 0.250 e. The van der Waals surface area contributed by atoms with Crippen molar-refractivity contribution in [2.75, 3.05) is 0 Å². The van der Waals surface area contributed by atoms with Crippen LogP contribution in [0.1, 0.15) is 32.2 Å². The molecule has 0 radical (unpaired) electrons. The Hall–Kier alpha value is -1.55. The van der Waals surface area contributed by atoms with Crippen molar-refractivity contribution >= 4 is 8.32 Å². The third-order valence-electron chi connectivity index (χ3n) is 4.27. The molecule has 21 heavy (non-hydrogen) atoms. The number of benzene rings is 1. The van der Waals surface area contributed by atoms with Gasteiger partial charge in [0, 0.05) is 5.69 Å². The molecule has 0 aliphatic heterocycles. The minimum absolute atomic E-state index is 0.176. The molecule has 0 bridgehead atoms. The van der Waals surface area contributed by atoms with Crippen molar-refractivity contribution < 1.29 is 4.43 Å². The second kappa shape index (κ2) is 5.33. The molecule has 0 unspecified atom stereocenters. The predicted octanol–water partition coefficient (Wildman–Crippen LogP) is 4.87. The summed E-state index contributed by atoms with van der Waals surface area (Å²) in [6.45, 7) is 15.4. The summed E-state index contributed by atoms with van der Waals surface area (Å²) in [5, 5.41) is 4.76. The molecule has 3 nitrogen and oxygen atoms in total. The van der Waals surface area contributed by atoms with Crippen molar-refractivity contribution in [1.82, 2.24) is 9.78 Å². The minimum Gasteiger partial charge on any atom is -0.542 e. The van der Waals surface area contributed by atoms with Crippen LogP contribution in [0.25, 0.3) is 5.69 Å². The SMILES string of the molecule is Cc1cc(C)n(-c2ccccc2O[Si](C)(C)C(C)(C)C)n1. The van der Waals surface area contributed by atoms with Crippen molar-refractivity contribution in [2.24, 2.45) is 0 Å². The Morgan fingerprint density at radius 1 is 1.10 bits per heavy atom. The number of rotatable bonds is 3. The van der Waals surface area contributed by atoms with E-state index in [9.17, 15) is 0 Å². The lowest BCUT2D eigenvalue weighted by molar-refractivity contribution is 0.488.